The summed E-state index contributed by atoms with van der Waals surface area (Å²) in [5.74, 6) is -58.9. The molecule has 0 spiro atoms. The summed E-state index contributed by atoms with van der Waals surface area (Å²) in [6.45, 7) is -2.91. The maximum atomic E-state index is 14.4. The Hall–Kier alpha value is -6.15. The molecule has 3 atom stereocenters. The van der Waals surface area contributed by atoms with Crippen molar-refractivity contribution < 1.29 is 123 Å². The molecule has 0 aliphatic heterocycles. The zero-order valence-corrected chi connectivity index (χ0v) is 41.0. The van der Waals surface area contributed by atoms with Crippen LogP contribution in [-0.2, 0) is 20.7 Å². The van der Waals surface area contributed by atoms with E-state index in [0.717, 1.165) is 0 Å². The molecule has 3 amide bonds. The summed E-state index contributed by atoms with van der Waals surface area (Å²) in [5.41, 5.74) is 6.58. The Kier molecular flexibility index (Phi) is 23.4. The van der Waals surface area contributed by atoms with Crippen molar-refractivity contribution in [2.75, 3.05) is 61.2 Å². The number of guanidine groups is 1. The first-order chi connectivity index (χ1) is 35.3. The van der Waals surface area contributed by atoms with Gasteiger partial charge in [0, 0.05) is 40.2 Å². The number of amides is 3. The van der Waals surface area contributed by atoms with E-state index in [0.29, 0.717) is 18.4 Å². The van der Waals surface area contributed by atoms with Gasteiger partial charge in [0.15, 0.2) is 35.1 Å². The van der Waals surface area contributed by atoms with E-state index < -0.39 is 97.5 Å². The number of alkyl halides is 17. The van der Waals surface area contributed by atoms with Crippen molar-refractivity contribution in [1.82, 2.24) is 20.9 Å². The van der Waals surface area contributed by atoms with Gasteiger partial charge in [-0.3, -0.25) is 14.6 Å². The number of nitrogens with zero attached hydrogens (tertiary/aromatic N) is 2. The number of unbranched alkanes of at least 4 members (excludes halogenated alkanes) is 2. The van der Waals surface area contributed by atoms with Gasteiger partial charge in [-0.05, 0) is 73.9 Å². The van der Waals surface area contributed by atoms with Gasteiger partial charge in [0.2, 0.25) is 11.8 Å². The third-order valence-corrected chi connectivity index (χ3v) is 11.1. The van der Waals surface area contributed by atoms with E-state index in [9.17, 15) is 104 Å². The number of halogens is 17. The first-order valence-corrected chi connectivity index (χ1v) is 22.5. The number of alkyl carbamates (subject to hydrolysis) is 1. The summed E-state index contributed by atoms with van der Waals surface area (Å²) in [4.78, 5) is 43.3. The second-order valence-corrected chi connectivity index (χ2v) is 16.9. The van der Waals surface area contributed by atoms with E-state index in [1.165, 1.54) is 57.5 Å². The molecule has 2 aromatic carbocycles. The number of ether oxygens (including phenoxy) is 4. The number of aryl methyl sites for hydroxylation is 1. The number of hydrogen-bond donors (Lipinski definition) is 7. The summed E-state index contributed by atoms with van der Waals surface area (Å²) in [6.07, 6.45) is -14.6. The Morgan fingerprint density at radius 1 is 0.714 bits per heavy atom. The van der Waals surface area contributed by atoms with Crippen LogP contribution in [0.25, 0.3) is 0 Å². The lowest BCUT2D eigenvalue weighted by molar-refractivity contribution is -0.461. The number of benzene rings is 2. The molecule has 77 heavy (non-hydrogen) atoms. The van der Waals surface area contributed by atoms with Gasteiger partial charge >= 0.3 is 53.7 Å². The Morgan fingerprint density at radius 2 is 1.27 bits per heavy atom. The van der Waals surface area contributed by atoms with Crippen LogP contribution in [0.3, 0.4) is 0 Å². The van der Waals surface area contributed by atoms with Gasteiger partial charge in [0.25, 0.3) is 0 Å². The quantitative estimate of drug-likeness (QED) is 0.0170. The topological polar surface area (TPSA) is 227 Å². The van der Waals surface area contributed by atoms with E-state index in [4.69, 9.17) is 19.9 Å². The fourth-order valence-electron chi connectivity index (χ4n) is 6.47. The Morgan fingerprint density at radius 3 is 1.82 bits per heavy atom. The van der Waals surface area contributed by atoms with Gasteiger partial charge in [-0.2, -0.15) is 74.6 Å². The zero-order valence-electron chi connectivity index (χ0n) is 41.0. The number of aliphatic hydroxyl groups excluding tert-OH is 2. The number of hydrogen-bond acceptors (Lipinski definition) is 11. The van der Waals surface area contributed by atoms with Gasteiger partial charge in [-0.1, -0.05) is 12.1 Å². The second-order valence-electron chi connectivity index (χ2n) is 16.9. The number of methoxy groups -OCH3 is 2. The molecule has 3 unspecified atom stereocenters. The molecule has 0 bridgehead atoms. The van der Waals surface area contributed by atoms with Crippen molar-refractivity contribution in [3.63, 3.8) is 0 Å². The zero-order chi connectivity index (χ0) is 59.2. The maximum Gasteiger partial charge on any atom is 0.460 e. The van der Waals surface area contributed by atoms with Crippen LogP contribution in [0, 0.1) is 0 Å². The molecular formula is C44H55F17N6O10. The van der Waals surface area contributed by atoms with Crippen LogP contribution in [0.2, 0.25) is 0 Å². The van der Waals surface area contributed by atoms with Crippen molar-refractivity contribution in [2.24, 2.45) is 10.7 Å². The third-order valence-electron chi connectivity index (χ3n) is 11.1. The third kappa shape index (κ3) is 16.0. The highest BCUT2D eigenvalue weighted by atomic mass is 19.4. The average Bonchev–Trinajstić information content (AvgIpc) is 3.34. The monoisotopic (exact) mass is 1150 g/mol. The van der Waals surface area contributed by atoms with Crippen molar-refractivity contribution in [1.29, 1.82) is 0 Å². The van der Waals surface area contributed by atoms with Crippen LogP contribution < -0.4 is 35.9 Å². The number of aliphatic imine (C=N–C) groups is 1. The fraction of sp³-hybridized carbons (Fsp3) is 0.636. The van der Waals surface area contributed by atoms with Crippen molar-refractivity contribution in [2.45, 2.75) is 117 Å². The van der Waals surface area contributed by atoms with Crippen LogP contribution in [0.15, 0.2) is 41.4 Å². The van der Waals surface area contributed by atoms with Crippen LogP contribution in [0.4, 0.5) is 79.4 Å². The van der Waals surface area contributed by atoms with Gasteiger partial charge in [-0.25, -0.2) is 4.79 Å². The Balaban J connectivity index is 1.97. The van der Waals surface area contributed by atoms with Crippen LogP contribution >= 0.6 is 0 Å². The van der Waals surface area contributed by atoms with E-state index in [1.54, 1.807) is 17.4 Å². The molecule has 0 heterocycles. The summed E-state index contributed by atoms with van der Waals surface area (Å²) < 4.78 is 252. The first-order valence-electron chi connectivity index (χ1n) is 22.5. The van der Waals surface area contributed by atoms with Crippen molar-refractivity contribution in [3.05, 3.63) is 47.5 Å². The molecule has 2 rings (SSSR count). The molecule has 8 N–H and O–H groups in total. The summed E-state index contributed by atoms with van der Waals surface area (Å²) in [6, 6.07) is 7.11. The Labute approximate surface area is 427 Å². The molecule has 16 nitrogen and oxygen atoms in total. The number of carbonyl (C=O) groups is 3. The predicted molar refractivity (Wildman–Crippen MR) is 235 cm³/mol. The number of nitrogens with two attached hydrogens (primary N) is 1. The van der Waals surface area contributed by atoms with E-state index in [-0.39, 0.29) is 92.2 Å². The normalized spacial score (nSPS) is 14.5. The van der Waals surface area contributed by atoms with Crippen LogP contribution in [-0.4, -0.2) is 165 Å². The second kappa shape index (κ2) is 26.9. The lowest BCUT2D eigenvalue weighted by Crippen LogP contribution is -2.74. The molecule has 440 valence electrons. The molecule has 0 radical (unpaired) electrons. The molecule has 0 aromatic heterocycles. The van der Waals surface area contributed by atoms with Gasteiger partial charge in [0.05, 0.1) is 33.9 Å². The SMILES string of the molecule is COc1cc(C(O)C(CO)Oc2ccc(CCC(=O)NCCCCCNC(=O)C(CCCN=C(N)N(C)C)NC(=O)OCCC(F)(F)C(F)(F)C(F)(F)C(F)(F)C(F)(F)C(F)(F)C(F)(F)C(F)(F)F)cc2OC)ccc1O. The lowest BCUT2D eigenvalue weighted by atomic mass is 9.88. The molecule has 0 saturated heterocycles. The largest absolute Gasteiger partial charge is 0.504 e. The van der Waals surface area contributed by atoms with Crippen molar-refractivity contribution >= 4 is 23.9 Å². The predicted octanol–water partition coefficient (Wildman–Crippen LogP) is 7.37. The minimum atomic E-state index is -8.79. The highest BCUT2D eigenvalue weighted by Crippen LogP contribution is 2.64. The van der Waals surface area contributed by atoms with Gasteiger partial charge < -0.3 is 60.9 Å². The summed E-state index contributed by atoms with van der Waals surface area (Å²) in [5, 5.41) is 37.5. The number of nitrogens with one attached hydrogen (secondary N) is 3. The molecule has 0 fully saturated rings. The number of carbonyl (C=O) groups excluding carboxylic acids is 3. The molecule has 0 saturated carbocycles. The van der Waals surface area contributed by atoms with E-state index in [1.807, 2.05) is 0 Å². The molecular weight excluding hydrogens is 1100 g/mol. The first kappa shape index (κ1) is 67.0. The molecule has 0 aliphatic carbocycles. The summed E-state index contributed by atoms with van der Waals surface area (Å²) >= 11 is 0. The maximum absolute atomic E-state index is 14.4. The number of aromatic hydroxyl groups is 1. The van der Waals surface area contributed by atoms with E-state index in [2.05, 4.69) is 20.4 Å². The number of aliphatic hydroxyl groups is 2. The number of phenolic OH excluding ortho intramolecular Hbond substituents is 1. The van der Waals surface area contributed by atoms with Crippen molar-refractivity contribution in [3.8, 4) is 23.0 Å². The van der Waals surface area contributed by atoms with Crippen LogP contribution in [0.1, 0.15) is 62.2 Å². The fourth-order valence-corrected chi connectivity index (χ4v) is 6.47. The molecule has 0 aliphatic rings. The van der Waals surface area contributed by atoms with E-state index >= 15 is 0 Å². The molecule has 2 aromatic rings. The lowest BCUT2D eigenvalue weighted by Gasteiger charge is -2.42. The minimum Gasteiger partial charge on any atom is -0.504 e. The smallest absolute Gasteiger partial charge is 0.460 e. The van der Waals surface area contributed by atoms with Gasteiger partial charge in [0.1, 0.15) is 12.1 Å². The highest BCUT2D eigenvalue weighted by molar-refractivity contribution is 5.85. The number of phenols is 1. The highest BCUT2D eigenvalue weighted by Gasteiger charge is 2.95. The standard InChI is InChI=1S/C44H55F17N6O10/c1-67(2)35(62)65-19-8-9-26(66-36(73)76-20-16-37(45,46)38(47,48)39(49,50)40(51,52)41(53,54)42(55,56)43(57,58)44(59,60)61)34(72)64-18-7-5-6-17-63-32(70)15-11-24-10-14-28(30(21-24)75-4)77-31(23-68)33(71)25-12-13-27(69)29(22-25)74-3/h10,12-14,21-22,26,31,33,68-69,71H,5-9,11,15-20,23H2,1-4H3,(H2,62,65)(H,63,70)(H,64,72)(H,66,73). The minimum absolute atomic E-state index is 0.00698. The number of rotatable bonds is 31. The average molecular weight is 1150 g/mol. The Bertz CT molecular complexity index is 2300. The van der Waals surface area contributed by atoms with Crippen LogP contribution in [0.5, 0.6) is 23.0 Å². The van der Waals surface area contributed by atoms with Gasteiger partial charge in [-0.15, -0.1) is 0 Å². The molecule has 33 heteroatoms. The summed E-state index contributed by atoms with van der Waals surface area (Å²) in [7, 11) is 5.67.